The van der Waals surface area contributed by atoms with Gasteiger partial charge in [0.05, 0.1) is 4.88 Å². The standard InChI is InChI=1S/C15H13F3N2O4S/c1-7-4-5-8(24-7)11-10(12(21)9-3-2-6-25-9)14(23,15(16,17)18)20-13(22)19-11/h2-6,10-11,23H,1H3,(H2,19,20,22)/t10-,11+,14+/m1/s1. The first-order valence-electron chi connectivity index (χ1n) is 7.15. The van der Waals surface area contributed by atoms with Crippen molar-refractivity contribution in [2.24, 2.45) is 5.92 Å². The van der Waals surface area contributed by atoms with E-state index in [1.165, 1.54) is 35.0 Å². The van der Waals surface area contributed by atoms with Crippen molar-refractivity contribution >= 4 is 23.2 Å². The SMILES string of the molecule is Cc1ccc([C@@H]2NC(=O)N[C@@](O)(C(F)(F)F)[C@H]2C(=O)c2cccs2)o1. The predicted octanol–water partition coefficient (Wildman–Crippen LogP) is 2.75. The minimum absolute atomic E-state index is 0.0268. The minimum Gasteiger partial charge on any atom is -0.464 e. The van der Waals surface area contributed by atoms with Crippen molar-refractivity contribution in [3.63, 3.8) is 0 Å². The normalized spacial score (nSPS) is 26.8. The van der Waals surface area contributed by atoms with E-state index in [9.17, 15) is 27.9 Å². The number of Topliss-reactive ketones (excluding diaryl/α,β-unsaturated/α-hetero) is 1. The molecule has 1 aliphatic heterocycles. The number of hydrogen-bond donors (Lipinski definition) is 3. The van der Waals surface area contributed by atoms with E-state index in [2.05, 4.69) is 5.32 Å². The van der Waals surface area contributed by atoms with Gasteiger partial charge in [-0.25, -0.2) is 4.79 Å². The third kappa shape index (κ3) is 2.91. The molecule has 3 rings (SSSR count). The molecule has 1 saturated heterocycles. The molecule has 3 N–H and O–H groups in total. The summed E-state index contributed by atoms with van der Waals surface area (Å²) in [6, 6.07) is 2.97. The molecule has 1 aliphatic rings. The maximum atomic E-state index is 13.6. The first-order valence-corrected chi connectivity index (χ1v) is 8.03. The van der Waals surface area contributed by atoms with Gasteiger partial charge in [0.25, 0.3) is 0 Å². The summed E-state index contributed by atoms with van der Waals surface area (Å²) in [6.45, 7) is 1.57. The molecule has 2 aromatic rings. The molecular weight excluding hydrogens is 361 g/mol. The largest absolute Gasteiger partial charge is 0.464 e. The van der Waals surface area contributed by atoms with Crippen LogP contribution in [0.3, 0.4) is 0 Å². The lowest BCUT2D eigenvalue weighted by Gasteiger charge is -2.44. The number of rotatable bonds is 3. The number of aliphatic hydroxyl groups is 1. The first kappa shape index (κ1) is 17.5. The highest BCUT2D eigenvalue weighted by atomic mass is 32.1. The Balaban J connectivity index is 2.14. The van der Waals surface area contributed by atoms with E-state index in [4.69, 9.17) is 4.42 Å². The zero-order valence-corrected chi connectivity index (χ0v) is 13.6. The Morgan fingerprint density at radius 1 is 1.36 bits per heavy atom. The van der Waals surface area contributed by atoms with Crippen LogP contribution < -0.4 is 10.6 Å². The Morgan fingerprint density at radius 2 is 2.08 bits per heavy atom. The number of amides is 2. The fraction of sp³-hybridized carbons (Fsp3) is 0.333. The number of hydrogen-bond acceptors (Lipinski definition) is 5. The molecule has 0 aromatic carbocycles. The Hall–Kier alpha value is -2.33. The van der Waals surface area contributed by atoms with Crippen LogP contribution in [0.4, 0.5) is 18.0 Å². The van der Waals surface area contributed by atoms with Crippen molar-refractivity contribution < 1.29 is 32.3 Å². The number of halogens is 3. The van der Waals surface area contributed by atoms with Crippen molar-refractivity contribution in [3.05, 3.63) is 46.0 Å². The average molecular weight is 374 g/mol. The van der Waals surface area contributed by atoms with Crippen molar-refractivity contribution in [2.75, 3.05) is 0 Å². The third-order valence-corrected chi connectivity index (χ3v) is 4.80. The molecule has 0 radical (unpaired) electrons. The van der Waals surface area contributed by atoms with E-state index in [0.29, 0.717) is 5.76 Å². The molecule has 1 fully saturated rings. The smallest absolute Gasteiger partial charge is 0.437 e. The number of alkyl halides is 3. The number of urea groups is 1. The Kier molecular flexibility index (Phi) is 4.12. The monoisotopic (exact) mass is 374 g/mol. The van der Waals surface area contributed by atoms with Crippen LogP contribution in [0, 0.1) is 12.8 Å². The number of thiophene rings is 1. The number of ketones is 1. The van der Waals surface area contributed by atoms with E-state index < -0.39 is 35.7 Å². The van der Waals surface area contributed by atoms with E-state index in [1.54, 1.807) is 6.92 Å². The van der Waals surface area contributed by atoms with E-state index in [1.807, 2.05) is 0 Å². The minimum atomic E-state index is -5.28. The molecule has 10 heteroatoms. The van der Waals surface area contributed by atoms with E-state index >= 15 is 0 Å². The van der Waals surface area contributed by atoms with Crippen LogP contribution in [0.1, 0.15) is 27.2 Å². The van der Waals surface area contributed by atoms with Crippen LogP contribution in [0.2, 0.25) is 0 Å². The summed E-state index contributed by atoms with van der Waals surface area (Å²) < 4.78 is 46.0. The second-order valence-corrected chi connectivity index (χ2v) is 6.56. The van der Waals surface area contributed by atoms with Gasteiger partial charge in [-0.2, -0.15) is 13.2 Å². The summed E-state index contributed by atoms with van der Waals surface area (Å²) in [5.41, 5.74) is -3.73. The Bertz CT molecular complexity index is 802. The fourth-order valence-corrected chi connectivity index (χ4v) is 3.47. The molecule has 3 atom stereocenters. The van der Waals surface area contributed by atoms with Gasteiger partial charge in [-0.3, -0.25) is 4.79 Å². The summed E-state index contributed by atoms with van der Waals surface area (Å²) in [5, 5.41) is 15.5. The molecule has 0 unspecified atom stereocenters. The average Bonchev–Trinajstić information content (AvgIpc) is 3.16. The topological polar surface area (TPSA) is 91.6 Å². The lowest BCUT2D eigenvalue weighted by Crippen LogP contribution is -2.72. The summed E-state index contributed by atoms with van der Waals surface area (Å²) >= 11 is 0.940. The molecule has 0 spiro atoms. The predicted molar refractivity (Wildman–Crippen MR) is 81.0 cm³/mol. The second-order valence-electron chi connectivity index (χ2n) is 5.61. The summed E-state index contributed by atoms with van der Waals surface area (Å²) in [5.74, 6) is -2.68. The molecular formula is C15H13F3N2O4S. The zero-order valence-electron chi connectivity index (χ0n) is 12.8. The summed E-state index contributed by atoms with van der Waals surface area (Å²) in [4.78, 5) is 24.5. The molecule has 3 heterocycles. The third-order valence-electron chi connectivity index (χ3n) is 3.92. The van der Waals surface area contributed by atoms with Gasteiger partial charge in [0.2, 0.25) is 5.72 Å². The van der Waals surface area contributed by atoms with Gasteiger partial charge in [0, 0.05) is 0 Å². The number of nitrogens with one attached hydrogen (secondary N) is 2. The molecule has 134 valence electrons. The lowest BCUT2D eigenvalue weighted by atomic mass is 9.80. The number of carbonyl (C=O) groups excluding carboxylic acids is 2. The van der Waals surface area contributed by atoms with Crippen LogP contribution in [-0.2, 0) is 0 Å². The molecule has 0 bridgehead atoms. The van der Waals surface area contributed by atoms with Gasteiger partial charge in [-0.1, -0.05) is 6.07 Å². The van der Waals surface area contributed by atoms with Crippen molar-refractivity contribution in [2.45, 2.75) is 24.9 Å². The maximum Gasteiger partial charge on any atom is 0.437 e. The van der Waals surface area contributed by atoms with Crippen molar-refractivity contribution in [3.8, 4) is 0 Å². The summed E-state index contributed by atoms with van der Waals surface area (Å²) in [6.07, 6.45) is -5.28. The molecule has 0 aliphatic carbocycles. The van der Waals surface area contributed by atoms with Gasteiger partial charge in [-0.05, 0) is 30.5 Å². The zero-order chi connectivity index (χ0) is 18.4. The van der Waals surface area contributed by atoms with Crippen molar-refractivity contribution in [1.82, 2.24) is 10.6 Å². The second kappa shape index (κ2) is 5.88. The maximum absolute atomic E-state index is 13.6. The van der Waals surface area contributed by atoms with Crippen LogP contribution in [0.25, 0.3) is 0 Å². The van der Waals surface area contributed by atoms with Gasteiger partial charge in [0.1, 0.15) is 23.5 Å². The van der Waals surface area contributed by atoms with Gasteiger partial charge in [-0.15, -0.1) is 11.3 Å². The van der Waals surface area contributed by atoms with Crippen LogP contribution in [-0.4, -0.2) is 28.8 Å². The quantitative estimate of drug-likeness (QED) is 0.721. The van der Waals surface area contributed by atoms with Crippen LogP contribution in [0.15, 0.2) is 34.1 Å². The van der Waals surface area contributed by atoms with Gasteiger partial charge >= 0.3 is 12.2 Å². The molecule has 0 saturated carbocycles. The fourth-order valence-electron chi connectivity index (χ4n) is 2.77. The van der Waals surface area contributed by atoms with Crippen molar-refractivity contribution in [1.29, 1.82) is 0 Å². The van der Waals surface area contributed by atoms with Crippen LogP contribution >= 0.6 is 11.3 Å². The molecule has 2 aromatic heterocycles. The van der Waals surface area contributed by atoms with Gasteiger partial charge in [0.15, 0.2) is 5.78 Å². The number of carbonyl (C=O) groups is 2. The van der Waals surface area contributed by atoms with Crippen LogP contribution in [0.5, 0.6) is 0 Å². The first-order chi connectivity index (χ1) is 11.6. The number of aryl methyl sites for hydroxylation is 1. The highest BCUT2D eigenvalue weighted by Gasteiger charge is 2.67. The van der Waals surface area contributed by atoms with E-state index in [-0.39, 0.29) is 10.6 Å². The highest BCUT2D eigenvalue weighted by molar-refractivity contribution is 7.12. The lowest BCUT2D eigenvalue weighted by molar-refractivity contribution is -0.287. The number of furan rings is 1. The molecule has 6 nitrogen and oxygen atoms in total. The molecule has 25 heavy (non-hydrogen) atoms. The Morgan fingerprint density at radius 3 is 2.60 bits per heavy atom. The Labute approximate surface area is 143 Å². The molecule has 2 amide bonds. The highest BCUT2D eigenvalue weighted by Crippen LogP contribution is 2.44. The summed E-state index contributed by atoms with van der Waals surface area (Å²) in [7, 11) is 0. The van der Waals surface area contributed by atoms with E-state index in [0.717, 1.165) is 11.3 Å². The van der Waals surface area contributed by atoms with Gasteiger partial charge < -0.3 is 20.2 Å².